The number of rotatable bonds is 4. The highest BCUT2D eigenvalue weighted by atomic mass is 32.1. The number of anilines is 1. The van der Waals surface area contributed by atoms with E-state index < -0.39 is 24.5 Å². The van der Waals surface area contributed by atoms with Crippen LogP contribution in [-0.2, 0) is 0 Å². The van der Waals surface area contributed by atoms with Crippen LogP contribution in [0.4, 0.5) is 23.2 Å². The number of hydrogen-bond donors (Lipinski definition) is 1. The van der Waals surface area contributed by atoms with Gasteiger partial charge >= 0.3 is 6.18 Å². The van der Waals surface area contributed by atoms with Gasteiger partial charge in [0.1, 0.15) is 11.6 Å². The minimum atomic E-state index is -4.48. The lowest BCUT2D eigenvalue weighted by atomic mass is 10.2. The fourth-order valence-electron chi connectivity index (χ4n) is 2.17. The van der Waals surface area contributed by atoms with Gasteiger partial charge in [0.25, 0.3) is 5.91 Å². The fraction of sp³-hybridized carbons (Fsp3) is 0.118. The number of carbonyl (C=O) groups excluding carboxylic acids is 1. The van der Waals surface area contributed by atoms with Gasteiger partial charge in [0.15, 0.2) is 6.61 Å². The van der Waals surface area contributed by atoms with Crippen LogP contribution < -0.4 is 10.1 Å². The van der Waals surface area contributed by atoms with Crippen molar-refractivity contribution < 1.29 is 27.1 Å². The molecule has 0 saturated heterocycles. The highest BCUT2D eigenvalue weighted by Gasteiger charge is 2.29. The van der Waals surface area contributed by atoms with Crippen LogP contribution in [0.1, 0.15) is 9.67 Å². The smallest absolute Gasteiger partial charge is 0.422 e. The minimum absolute atomic E-state index is 0.0830. The van der Waals surface area contributed by atoms with Gasteiger partial charge in [0.05, 0.1) is 10.6 Å². The molecule has 3 rings (SSSR count). The average molecular weight is 369 g/mol. The highest BCUT2D eigenvalue weighted by Crippen LogP contribution is 2.30. The van der Waals surface area contributed by atoms with E-state index >= 15 is 0 Å². The summed E-state index contributed by atoms with van der Waals surface area (Å²) >= 11 is 1.16. The molecule has 1 heterocycles. The summed E-state index contributed by atoms with van der Waals surface area (Å²) in [4.78, 5) is 12.7. The quantitative estimate of drug-likeness (QED) is 0.639. The molecule has 0 aliphatic heterocycles. The third kappa shape index (κ3) is 4.27. The molecule has 0 aliphatic carbocycles. The number of halogens is 4. The molecule has 0 spiro atoms. The zero-order valence-corrected chi connectivity index (χ0v) is 13.4. The van der Waals surface area contributed by atoms with Crippen LogP contribution in [0.2, 0.25) is 0 Å². The Bertz CT molecular complexity index is 920. The van der Waals surface area contributed by atoms with Crippen molar-refractivity contribution in [2.45, 2.75) is 6.18 Å². The topological polar surface area (TPSA) is 38.3 Å². The Morgan fingerprint density at radius 3 is 2.64 bits per heavy atom. The summed E-state index contributed by atoms with van der Waals surface area (Å²) in [7, 11) is 0. The summed E-state index contributed by atoms with van der Waals surface area (Å²) in [5, 5.41) is 3.10. The largest absolute Gasteiger partial charge is 0.482 e. The van der Waals surface area contributed by atoms with Crippen molar-refractivity contribution in [2.24, 2.45) is 0 Å². The van der Waals surface area contributed by atoms with Crippen LogP contribution in [0.15, 0.2) is 48.5 Å². The van der Waals surface area contributed by atoms with Gasteiger partial charge in [-0.2, -0.15) is 13.2 Å². The molecule has 3 nitrogen and oxygen atoms in total. The number of carbonyl (C=O) groups is 1. The van der Waals surface area contributed by atoms with Crippen LogP contribution >= 0.6 is 11.3 Å². The molecule has 0 saturated carbocycles. The molecular weight excluding hydrogens is 358 g/mol. The lowest BCUT2D eigenvalue weighted by Gasteiger charge is -2.13. The molecule has 0 atom stereocenters. The zero-order valence-electron chi connectivity index (χ0n) is 12.6. The summed E-state index contributed by atoms with van der Waals surface area (Å²) < 4.78 is 55.6. The maximum Gasteiger partial charge on any atom is 0.422 e. The fourth-order valence-corrected chi connectivity index (χ4v) is 3.10. The number of para-hydroxylation sites is 2. The minimum Gasteiger partial charge on any atom is -0.482 e. The number of ether oxygens (including phenoxy) is 1. The SMILES string of the molecule is O=C(Nc1ccccc1OCC(F)(F)F)c1cc2cc(F)ccc2s1. The standard InChI is InChI=1S/C17H11F4NO2S/c18-11-5-6-14-10(7-11)8-15(25-14)16(23)22-12-3-1-2-4-13(12)24-9-17(19,20)21/h1-8H,9H2,(H,22,23). The summed E-state index contributed by atoms with van der Waals surface area (Å²) in [6.45, 7) is -1.46. The van der Waals surface area contributed by atoms with Crippen LogP contribution in [0.25, 0.3) is 10.1 Å². The summed E-state index contributed by atoms with van der Waals surface area (Å²) in [5.74, 6) is -1.01. The molecule has 1 amide bonds. The number of amides is 1. The van der Waals surface area contributed by atoms with Crippen molar-refractivity contribution in [3.05, 3.63) is 59.2 Å². The molecular formula is C17H11F4NO2S. The Balaban J connectivity index is 1.80. The molecule has 3 aromatic rings. The molecule has 8 heteroatoms. The number of alkyl halides is 3. The predicted molar refractivity (Wildman–Crippen MR) is 87.7 cm³/mol. The monoisotopic (exact) mass is 369 g/mol. The number of fused-ring (bicyclic) bond motifs is 1. The molecule has 130 valence electrons. The van der Waals surface area contributed by atoms with Gasteiger partial charge < -0.3 is 10.1 Å². The number of thiophene rings is 1. The number of benzene rings is 2. The van der Waals surface area contributed by atoms with Crippen molar-refractivity contribution in [1.29, 1.82) is 0 Å². The van der Waals surface area contributed by atoms with Crippen LogP contribution in [-0.4, -0.2) is 18.7 Å². The summed E-state index contributed by atoms with van der Waals surface area (Å²) in [6, 6.07) is 11.5. The van der Waals surface area contributed by atoms with Gasteiger partial charge in [-0.15, -0.1) is 11.3 Å². The number of nitrogens with one attached hydrogen (secondary N) is 1. The van der Waals surface area contributed by atoms with E-state index in [-0.39, 0.29) is 11.4 Å². The predicted octanol–water partition coefficient (Wildman–Crippen LogP) is 5.23. The Morgan fingerprint density at radius 2 is 1.88 bits per heavy atom. The Hall–Kier alpha value is -2.61. The lowest BCUT2D eigenvalue weighted by molar-refractivity contribution is -0.153. The normalized spacial score (nSPS) is 11.5. The van der Waals surface area contributed by atoms with E-state index in [1.54, 1.807) is 12.1 Å². The first-order valence-electron chi connectivity index (χ1n) is 7.11. The van der Waals surface area contributed by atoms with Gasteiger partial charge in [-0.1, -0.05) is 12.1 Å². The summed E-state index contributed by atoms with van der Waals surface area (Å²) in [6.07, 6.45) is -4.48. The van der Waals surface area contributed by atoms with Gasteiger partial charge in [-0.25, -0.2) is 4.39 Å². The number of hydrogen-bond acceptors (Lipinski definition) is 3. The first kappa shape index (κ1) is 17.2. The molecule has 1 N–H and O–H groups in total. The van der Waals surface area contributed by atoms with Crippen molar-refractivity contribution in [3.63, 3.8) is 0 Å². The van der Waals surface area contributed by atoms with Gasteiger partial charge in [0.2, 0.25) is 0 Å². The third-order valence-electron chi connectivity index (χ3n) is 3.23. The molecule has 1 aromatic heterocycles. The summed E-state index contributed by atoms with van der Waals surface area (Å²) in [5.41, 5.74) is 0.125. The molecule has 2 aromatic carbocycles. The molecule has 0 radical (unpaired) electrons. The van der Waals surface area contributed by atoms with E-state index in [0.29, 0.717) is 10.3 Å². The van der Waals surface area contributed by atoms with Crippen LogP contribution in [0, 0.1) is 5.82 Å². The third-order valence-corrected chi connectivity index (χ3v) is 4.34. The second kappa shape index (κ2) is 6.72. The van der Waals surface area contributed by atoms with E-state index in [0.717, 1.165) is 16.0 Å². The van der Waals surface area contributed by atoms with E-state index in [1.807, 2.05) is 0 Å². The Morgan fingerprint density at radius 1 is 1.12 bits per heavy atom. The first-order valence-corrected chi connectivity index (χ1v) is 7.92. The maximum absolute atomic E-state index is 13.2. The van der Waals surface area contributed by atoms with E-state index in [9.17, 15) is 22.4 Å². The van der Waals surface area contributed by atoms with Gasteiger partial charge in [-0.05, 0) is 41.8 Å². The first-order chi connectivity index (χ1) is 11.8. The molecule has 0 aliphatic rings. The van der Waals surface area contributed by atoms with E-state index in [2.05, 4.69) is 5.32 Å². The molecule has 0 unspecified atom stereocenters. The lowest BCUT2D eigenvalue weighted by Crippen LogP contribution is -2.20. The maximum atomic E-state index is 13.2. The van der Waals surface area contributed by atoms with Crippen LogP contribution in [0.3, 0.4) is 0 Å². The average Bonchev–Trinajstić information content (AvgIpc) is 2.96. The van der Waals surface area contributed by atoms with Crippen LogP contribution in [0.5, 0.6) is 5.75 Å². The van der Waals surface area contributed by atoms with Crippen molar-refractivity contribution in [2.75, 3.05) is 11.9 Å². The van der Waals surface area contributed by atoms with E-state index in [1.165, 1.54) is 36.4 Å². The zero-order chi connectivity index (χ0) is 18.0. The van der Waals surface area contributed by atoms with Crippen molar-refractivity contribution in [1.82, 2.24) is 0 Å². The second-order valence-corrected chi connectivity index (χ2v) is 6.23. The molecule has 0 fully saturated rings. The molecule has 25 heavy (non-hydrogen) atoms. The van der Waals surface area contributed by atoms with Gasteiger partial charge in [-0.3, -0.25) is 4.79 Å². The van der Waals surface area contributed by atoms with E-state index in [4.69, 9.17) is 4.74 Å². The van der Waals surface area contributed by atoms with Crippen molar-refractivity contribution in [3.8, 4) is 5.75 Å². The second-order valence-electron chi connectivity index (χ2n) is 5.15. The Kier molecular flexibility index (Phi) is 4.63. The highest BCUT2D eigenvalue weighted by molar-refractivity contribution is 7.20. The molecule has 0 bridgehead atoms. The Labute approximate surface area is 143 Å². The van der Waals surface area contributed by atoms with Crippen molar-refractivity contribution >= 4 is 33.0 Å². The van der Waals surface area contributed by atoms with Gasteiger partial charge in [0, 0.05) is 4.70 Å².